The first-order chi connectivity index (χ1) is 9.40. The lowest BCUT2D eigenvalue weighted by Crippen LogP contribution is -2.06. The molecular weight excluding hydrogens is 324 g/mol. The molecule has 0 heterocycles. The van der Waals surface area contributed by atoms with Gasteiger partial charge in [0.1, 0.15) is 0 Å². The molecule has 0 saturated heterocycles. The topological polar surface area (TPSA) is 74.6 Å². The molecule has 20 heavy (non-hydrogen) atoms. The van der Waals surface area contributed by atoms with Gasteiger partial charge in [-0.15, -0.1) is 0 Å². The van der Waals surface area contributed by atoms with Crippen LogP contribution in [0.4, 0.5) is 0 Å². The second-order valence-corrected chi connectivity index (χ2v) is 5.25. The maximum Gasteiger partial charge on any atom is 0.336 e. The van der Waals surface area contributed by atoms with Gasteiger partial charge in [0.15, 0.2) is 0 Å². The Balaban J connectivity index is 2.71. The quantitative estimate of drug-likeness (QED) is 0.894. The smallest absolute Gasteiger partial charge is 0.336 e. The van der Waals surface area contributed by atoms with Crippen molar-refractivity contribution in [3.05, 3.63) is 57.6 Å². The van der Waals surface area contributed by atoms with E-state index in [1.807, 2.05) is 12.1 Å². The number of carbonyl (C=O) groups is 2. The summed E-state index contributed by atoms with van der Waals surface area (Å²) in [5, 5.41) is 18.3. The van der Waals surface area contributed by atoms with Crippen LogP contribution in [-0.2, 0) is 0 Å². The van der Waals surface area contributed by atoms with Gasteiger partial charge in [-0.3, -0.25) is 0 Å². The number of aromatic carboxylic acids is 2. The molecule has 2 rings (SSSR count). The van der Waals surface area contributed by atoms with Gasteiger partial charge in [0.2, 0.25) is 0 Å². The zero-order valence-corrected chi connectivity index (χ0v) is 12.1. The normalized spacial score (nSPS) is 10.3. The summed E-state index contributed by atoms with van der Waals surface area (Å²) in [4.78, 5) is 22.4. The van der Waals surface area contributed by atoms with Gasteiger partial charge in [0.05, 0.1) is 11.1 Å². The lowest BCUT2D eigenvalue weighted by Gasteiger charge is -2.12. The number of halogens is 1. The molecule has 0 aromatic heterocycles. The van der Waals surface area contributed by atoms with Crippen molar-refractivity contribution >= 4 is 27.9 Å². The summed E-state index contributed by atoms with van der Waals surface area (Å²) >= 11 is 3.32. The first-order valence-electron chi connectivity index (χ1n) is 5.77. The Labute approximate surface area is 123 Å². The summed E-state index contributed by atoms with van der Waals surface area (Å²) in [5.41, 5.74) is 1.85. The zero-order valence-electron chi connectivity index (χ0n) is 10.6. The molecule has 0 aliphatic heterocycles. The fourth-order valence-electron chi connectivity index (χ4n) is 2.08. The molecule has 0 bridgehead atoms. The van der Waals surface area contributed by atoms with E-state index in [0.29, 0.717) is 11.1 Å². The Morgan fingerprint density at radius 2 is 1.60 bits per heavy atom. The average molecular weight is 335 g/mol. The van der Waals surface area contributed by atoms with Gasteiger partial charge in [-0.1, -0.05) is 28.1 Å². The molecule has 0 aliphatic carbocycles. The summed E-state index contributed by atoms with van der Waals surface area (Å²) in [5.74, 6) is -2.29. The molecule has 0 amide bonds. The fourth-order valence-corrected chi connectivity index (χ4v) is 2.34. The van der Waals surface area contributed by atoms with E-state index in [4.69, 9.17) is 5.11 Å². The van der Waals surface area contributed by atoms with Crippen LogP contribution < -0.4 is 0 Å². The number of aryl methyl sites for hydroxylation is 1. The highest BCUT2D eigenvalue weighted by Crippen LogP contribution is 2.30. The van der Waals surface area contributed by atoms with E-state index < -0.39 is 11.9 Å². The minimum absolute atomic E-state index is 0.00952. The molecule has 0 aliphatic rings. The van der Waals surface area contributed by atoms with E-state index in [9.17, 15) is 14.7 Å². The molecule has 0 saturated carbocycles. The molecule has 0 radical (unpaired) electrons. The molecule has 2 aromatic carbocycles. The van der Waals surface area contributed by atoms with E-state index in [0.717, 1.165) is 10.0 Å². The summed E-state index contributed by atoms with van der Waals surface area (Å²) in [6, 6.07) is 9.87. The van der Waals surface area contributed by atoms with Gasteiger partial charge in [0, 0.05) is 4.47 Å². The Morgan fingerprint density at radius 3 is 2.10 bits per heavy atom. The first-order valence-corrected chi connectivity index (χ1v) is 6.56. The van der Waals surface area contributed by atoms with Crippen LogP contribution in [-0.4, -0.2) is 22.2 Å². The van der Waals surface area contributed by atoms with Crippen LogP contribution in [0.5, 0.6) is 0 Å². The number of carboxylic acids is 2. The second-order valence-electron chi connectivity index (χ2n) is 4.33. The van der Waals surface area contributed by atoms with E-state index in [-0.39, 0.29) is 11.1 Å². The predicted molar refractivity (Wildman–Crippen MR) is 78.2 cm³/mol. The van der Waals surface area contributed by atoms with Crippen LogP contribution in [0.15, 0.2) is 40.9 Å². The summed E-state index contributed by atoms with van der Waals surface area (Å²) in [7, 11) is 0. The fraction of sp³-hybridized carbons (Fsp3) is 0.0667. The van der Waals surface area contributed by atoms with Gasteiger partial charge in [-0.05, 0) is 47.9 Å². The van der Waals surface area contributed by atoms with Crippen molar-refractivity contribution in [3.63, 3.8) is 0 Å². The number of hydrogen-bond donors (Lipinski definition) is 2. The average Bonchev–Trinajstić information content (AvgIpc) is 2.39. The lowest BCUT2D eigenvalue weighted by atomic mass is 9.93. The van der Waals surface area contributed by atoms with Gasteiger partial charge < -0.3 is 10.2 Å². The largest absolute Gasteiger partial charge is 0.478 e. The predicted octanol–water partition coefficient (Wildman–Crippen LogP) is 3.82. The Morgan fingerprint density at radius 1 is 1.00 bits per heavy atom. The van der Waals surface area contributed by atoms with Crippen molar-refractivity contribution < 1.29 is 19.8 Å². The molecule has 0 spiro atoms. The van der Waals surface area contributed by atoms with Crippen LogP contribution in [0.25, 0.3) is 11.1 Å². The second kappa shape index (κ2) is 5.46. The van der Waals surface area contributed by atoms with Crippen LogP contribution in [0, 0.1) is 6.92 Å². The maximum atomic E-state index is 11.4. The summed E-state index contributed by atoms with van der Waals surface area (Å²) < 4.78 is 0.887. The minimum Gasteiger partial charge on any atom is -0.478 e. The molecule has 0 atom stereocenters. The molecule has 102 valence electrons. The summed E-state index contributed by atoms with van der Waals surface area (Å²) in [6.07, 6.45) is 0. The van der Waals surface area contributed by atoms with E-state index >= 15 is 0 Å². The summed E-state index contributed by atoms with van der Waals surface area (Å²) in [6.45, 7) is 1.70. The molecule has 5 heteroatoms. The molecule has 0 unspecified atom stereocenters. The van der Waals surface area contributed by atoms with Crippen molar-refractivity contribution in [2.75, 3.05) is 0 Å². The maximum absolute atomic E-state index is 11.4. The zero-order chi connectivity index (χ0) is 14.9. The molecule has 2 N–H and O–H groups in total. The van der Waals surface area contributed by atoms with Crippen molar-refractivity contribution in [1.29, 1.82) is 0 Å². The van der Waals surface area contributed by atoms with E-state index in [2.05, 4.69) is 15.9 Å². The van der Waals surface area contributed by atoms with Gasteiger partial charge >= 0.3 is 11.9 Å². The third-order valence-corrected chi connectivity index (χ3v) is 3.47. The Bertz CT molecular complexity index is 690. The third kappa shape index (κ3) is 2.72. The highest BCUT2D eigenvalue weighted by molar-refractivity contribution is 9.10. The number of benzene rings is 2. The SMILES string of the molecule is Cc1cc(C(=O)O)cc(C(=O)O)c1-c1ccc(Br)cc1. The number of hydrogen-bond acceptors (Lipinski definition) is 2. The monoisotopic (exact) mass is 334 g/mol. The molecular formula is C15H11BrO4. The minimum atomic E-state index is -1.14. The molecule has 0 fully saturated rings. The van der Waals surface area contributed by atoms with E-state index in [1.54, 1.807) is 19.1 Å². The van der Waals surface area contributed by atoms with Crippen molar-refractivity contribution in [1.82, 2.24) is 0 Å². The van der Waals surface area contributed by atoms with Crippen molar-refractivity contribution in [2.24, 2.45) is 0 Å². The highest BCUT2D eigenvalue weighted by atomic mass is 79.9. The van der Waals surface area contributed by atoms with E-state index in [1.165, 1.54) is 12.1 Å². The third-order valence-electron chi connectivity index (χ3n) is 2.95. The van der Waals surface area contributed by atoms with Gasteiger partial charge in [0.25, 0.3) is 0 Å². The van der Waals surface area contributed by atoms with Crippen LogP contribution in [0.3, 0.4) is 0 Å². The van der Waals surface area contributed by atoms with Gasteiger partial charge in [-0.2, -0.15) is 0 Å². The highest BCUT2D eigenvalue weighted by Gasteiger charge is 2.18. The standard InChI is InChI=1S/C15H11BrO4/c1-8-6-10(14(17)18)7-12(15(19)20)13(8)9-2-4-11(16)5-3-9/h2-7H,1H3,(H,17,18)(H,19,20). The first kappa shape index (κ1) is 14.3. The molecule has 4 nitrogen and oxygen atoms in total. The van der Waals surface area contributed by atoms with Crippen molar-refractivity contribution in [3.8, 4) is 11.1 Å². The number of rotatable bonds is 3. The lowest BCUT2D eigenvalue weighted by molar-refractivity contribution is 0.0696. The Hall–Kier alpha value is -2.14. The van der Waals surface area contributed by atoms with Gasteiger partial charge in [-0.25, -0.2) is 9.59 Å². The molecule has 2 aromatic rings. The van der Waals surface area contributed by atoms with Crippen LogP contribution in [0.2, 0.25) is 0 Å². The Kier molecular flexibility index (Phi) is 3.90. The van der Waals surface area contributed by atoms with Crippen LogP contribution >= 0.6 is 15.9 Å². The van der Waals surface area contributed by atoms with Crippen molar-refractivity contribution in [2.45, 2.75) is 6.92 Å². The van der Waals surface area contributed by atoms with Crippen LogP contribution in [0.1, 0.15) is 26.3 Å². The number of carboxylic acid groups (broad SMARTS) is 2.